The molecule has 3 heteroatoms. The van der Waals surface area contributed by atoms with Crippen molar-refractivity contribution in [2.45, 2.75) is 44.6 Å². The fraction of sp³-hybridized carbons (Fsp3) is 0.933. The summed E-state index contributed by atoms with van der Waals surface area (Å²) in [6, 6.07) is 0.636. The predicted octanol–water partition coefficient (Wildman–Crippen LogP) is 2.13. The fourth-order valence-corrected chi connectivity index (χ4v) is 5.67. The lowest BCUT2D eigenvalue weighted by atomic mass is 9.80. The predicted molar refractivity (Wildman–Crippen MR) is 67.9 cm³/mol. The molecule has 4 atom stereocenters. The van der Waals surface area contributed by atoms with Gasteiger partial charge in [0.15, 0.2) is 0 Å². The molecule has 0 radical (unpaired) electrons. The first-order valence-corrected chi connectivity index (χ1v) is 7.81. The van der Waals surface area contributed by atoms with Crippen LogP contribution in [0.2, 0.25) is 0 Å². The van der Waals surface area contributed by atoms with Crippen molar-refractivity contribution in [3.8, 4) is 0 Å². The minimum Gasteiger partial charge on any atom is -0.338 e. The Morgan fingerprint density at radius 3 is 2.50 bits per heavy atom. The average molecular weight is 246 g/mol. The Balaban J connectivity index is 1.12. The highest BCUT2D eigenvalue weighted by atomic mass is 16.2. The molecule has 6 aliphatic rings. The summed E-state index contributed by atoms with van der Waals surface area (Å²) in [6.45, 7) is 0.917. The molecule has 6 rings (SSSR count). The number of nitrogens with one attached hydrogen (secondary N) is 2. The van der Waals surface area contributed by atoms with Gasteiger partial charge in [0, 0.05) is 12.6 Å². The van der Waals surface area contributed by atoms with Crippen molar-refractivity contribution in [1.82, 2.24) is 10.6 Å². The highest BCUT2D eigenvalue weighted by Gasteiger charge is 2.68. The van der Waals surface area contributed by atoms with Crippen molar-refractivity contribution >= 4 is 6.03 Å². The van der Waals surface area contributed by atoms with Gasteiger partial charge in [-0.1, -0.05) is 6.42 Å². The van der Waals surface area contributed by atoms with Crippen LogP contribution in [0, 0.1) is 35.0 Å². The maximum Gasteiger partial charge on any atom is 0.315 e. The van der Waals surface area contributed by atoms with Gasteiger partial charge in [-0.2, -0.15) is 0 Å². The Hall–Kier alpha value is -0.730. The third-order valence-electron chi connectivity index (χ3n) is 6.99. The number of amides is 2. The van der Waals surface area contributed by atoms with Gasteiger partial charge in [0.25, 0.3) is 0 Å². The molecule has 4 bridgehead atoms. The second kappa shape index (κ2) is 3.05. The van der Waals surface area contributed by atoms with Crippen LogP contribution in [0.15, 0.2) is 0 Å². The second-order valence-electron chi connectivity index (χ2n) is 7.63. The first-order valence-electron chi connectivity index (χ1n) is 7.81. The van der Waals surface area contributed by atoms with E-state index in [1.165, 1.54) is 38.5 Å². The molecule has 2 N–H and O–H groups in total. The number of urea groups is 1. The van der Waals surface area contributed by atoms with E-state index in [9.17, 15) is 4.79 Å². The Bertz CT molecular complexity index is 403. The van der Waals surface area contributed by atoms with Gasteiger partial charge in [0.1, 0.15) is 0 Å². The highest BCUT2D eigenvalue weighted by Crippen LogP contribution is 2.70. The van der Waals surface area contributed by atoms with E-state index in [4.69, 9.17) is 0 Å². The lowest BCUT2D eigenvalue weighted by Gasteiger charge is -2.27. The number of hydrogen-bond donors (Lipinski definition) is 2. The minimum absolute atomic E-state index is 0.111. The van der Waals surface area contributed by atoms with Crippen LogP contribution in [0.3, 0.4) is 0 Å². The zero-order valence-electron chi connectivity index (χ0n) is 10.8. The van der Waals surface area contributed by atoms with E-state index in [1.54, 1.807) is 0 Å². The minimum atomic E-state index is 0.111. The zero-order chi connectivity index (χ0) is 11.9. The van der Waals surface area contributed by atoms with Gasteiger partial charge in [-0.05, 0) is 67.1 Å². The molecular formula is C15H22N2O. The van der Waals surface area contributed by atoms with Crippen molar-refractivity contribution in [1.29, 1.82) is 0 Å². The van der Waals surface area contributed by atoms with Crippen molar-refractivity contribution in [2.24, 2.45) is 35.0 Å². The van der Waals surface area contributed by atoms with Crippen LogP contribution in [-0.4, -0.2) is 18.6 Å². The van der Waals surface area contributed by atoms with E-state index in [0.29, 0.717) is 11.5 Å². The number of rotatable bonds is 3. The van der Waals surface area contributed by atoms with E-state index < -0.39 is 0 Å². The zero-order valence-corrected chi connectivity index (χ0v) is 10.8. The number of carbonyl (C=O) groups excluding carboxylic acids is 1. The fourth-order valence-electron chi connectivity index (χ4n) is 5.67. The Kier molecular flexibility index (Phi) is 1.71. The molecule has 0 heterocycles. The van der Waals surface area contributed by atoms with Crippen LogP contribution in [0.4, 0.5) is 4.79 Å². The van der Waals surface area contributed by atoms with Crippen LogP contribution in [0.5, 0.6) is 0 Å². The molecule has 0 aliphatic heterocycles. The van der Waals surface area contributed by atoms with Gasteiger partial charge in [0.05, 0.1) is 0 Å². The number of carbonyl (C=O) groups is 1. The molecule has 0 aromatic heterocycles. The summed E-state index contributed by atoms with van der Waals surface area (Å²) in [5.41, 5.74) is 0.684. The van der Waals surface area contributed by atoms with Crippen molar-refractivity contribution in [2.75, 3.05) is 6.54 Å². The standard InChI is InChI=1S/C15H22N2O/c18-14(16-7-9-6-15(9)2-1-3-15)17-13-8-4-10-11(5-8)12(10)13/h8-13H,1-7H2,(H2,16,17,18). The molecule has 18 heavy (non-hydrogen) atoms. The van der Waals surface area contributed by atoms with E-state index >= 15 is 0 Å². The van der Waals surface area contributed by atoms with Crippen LogP contribution in [0.25, 0.3) is 0 Å². The first-order chi connectivity index (χ1) is 8.77. The summed E-state index contributed by atoms with van der Waals surface area (Å²) < 4.78 is 0. The third kappa shape index (κ3) is 1.18. The monoisotopic (exact) mass is 246 g/mol. The largest absolute Gasteiger partial charge is 0.338 e. The lowest BCUT2D eigenvalue weighted by molar-refractivity contribution is 0.228. The van der Waals surface area contributed by atoms with E-state index in [-0.39, 0.29) is 6.03 Å². The molecule has 6 saturated carbocycles. The van der Waals surface area contributed by atoms with E-state index in [1.807, 2.05) is 0 Å². The first kappa shape index (κ1) is 10.1. The van der Waals surface area contributed by atoms with Gasteiger partial charge in [0.2, 0.25) is 0 Å². The third-order valence-corrected chi connectivity index (χ3v) is 6.99. The smallest absolute Gasteiger partial charge is 0.315 e. The summed E-state index contributed by atoms with van der Waals surface area (Å²) in [4.78, 5) is 12.0. The molecule has 0 aromatic rings. The van der Waals surface area contributed by atoms with Crippen LogP contribution >= 0.6 is 0 Å². The Labute approximate surface area is 108 Å². The quantitative estimate of drug-likeness (QED) is 0.787. The molecule has 1 spiro atoms. The van der Waals surface area contributed by atoms with Crippen LogP contribution < -0.4 is 10.6 Å². The van der Waals surface area contributed by atoms with Gasteiger partial charge < -0.3 is 10.6 Å². The second-order valence-corrected chi connectivity index (χ2v) is 7.63. The van der Waals surface area contributed by atoms with Gasteiger partial charge in [-0.3, -0.25) is 0 Å². The summed E-state index contributed by atoms with van der Waals surface area (Å²) in [5.74, 6) is 4.45. The normalized spacial score (nSPS) is 52.0. The van der Waals surface area contributed by atoms with Gasteiger partial charge in [-0.25, -0.2) is 4.79 Å². The maximum absolute atomic E-state index is 12.0. The molecule has 4 unspecified atom stereocenters. The molecule has 6 fully saturated rings. The van der Waals surface area contributed by atoms with E-state index in [2.05, 4.69) is 10.6 Å². The molecule has 3 nitrogen and oxygen atoms in total. The number of hydrogen-bond acceptors (Lipinski definition) is 1. The molecular weight excluding hydrogens is 224 g/mol. The summed E-state index contributed by atoms with van der Waals surface area (Å²) >= 11 is 0. The van der Waals surface area contributed by atoms with Crippen molar-refractivity contribution in [3.05, 3.63) is 0 Å². The average Bonchev–Trinajstić information content (AvgIpc) is 3.06. The summed E-state index contributed by atoms with van der Waals surface area (Å²) in [5, 5.41) is 6.38. The highest BCUT2D eigenvalue weighted by molar-refractivity contribution is 5.74. The van der Waals surface area contributed by atoms with Crippen LogP contribution in [-0.2, 0) is 0 Å². The topological polar surface area (TPSA) is 41.1 Å². The van der Waals surface area contributed by atoms with Crippen LogP contribution in [0.1, 0.15) is 38.5 Å². The van der Waals surface area contributed by atoms with Gasteiger partial charge >= 0.3 is 6.03 Å². The molecule has 0 saturated heterocycles. The van der Waals surface area contributed by atoms with Gasteiger partial charge in [-0.15, -0.1) is 0 Å². The van der Waals surface area contributed by atoms with E-state index in [0.717, 1.165) is 36.1 Å². The SMILES string of the molecule is O=C(NCC1CC12CCC2)NC1C2CC3C(C2)C31. The summed E-state index contributed by atoms with van der Waals surface area (Å²) in [6.07, 6.45) is 8.40. The Morgan fingerprint density at radius 1 is 1.22 bits per heavy atom. The maximum atomic E-state index is 12.0. The Morgan fingerprint density at radius 2 is 2.00 bits per heavy atom. The summed E-state index contributed by atoms with van der Waals surface area (Å²) in [7, 11) is 0. The molecule has 2 amide bonds. The molecule has 98 valence electrons. The lowest BCUT2D eigenvalue weighted by Crippen LogP contribution is -2.44. The molecule has 6 aliphatic carbocycles. The van der Waals surface area contributed by atoms with Crippen molar-refractivity contribution in [3.63, 3.8) is 0 Å². The van der Waals surface area contributed by atoms with Crippen molar-refractivity contribution < 1.29 is 4.79 Å². The molecule has 0 aromatic carbocycles.